The van der Waals surface area contributed by atoms with Gasteiger partial charge in [0, 0.05) is 5.56 Å². The summed E-state index contributed by atoms with van der Waals surface area (Å²) in [7, 11) is 0. The molecule has 0 bridgehead atoms. The fourth-order valence-electron chi connectivity index (χ4n) is 4.51. The van der Waals surface area contributed by atoms with Crippen LogP contribution < -0.4 is 4.74 Å². The highest BCUT2D eigenvalue weighted by Gasteiger charge is 2.38. The van der Waals surface area contributed by atoms with Gasteiger partial charge in [-0.3, -0.25) is 0 Å². The second kappa shape index (κ2) is 7.41. The van der Waals surface area contributed by atoms with Crippen LogP contribution in [0.25, 0.3) is 0 Å². The zero-order valence-electron chi connectivity index (χ0n) is 16.7. The van der Waals surface area contributed by atoms with Crippen molar-refractivity contribution in [2.75, 3.05) is 0 Å². The predicted octanol–water partition coefficient (Wildman–Crippen LogP) is 5.90. The molecule has 4 heteroatoms. The maximum atomic E-state index is 6.37. The van der Waals surface area contributed by atoms with Crippen molar-refractivity contribution in [3.8, 4) is 5.88 Å². The first-order valence-corrected chi connectivity index (χ1v) is 10.3. The lowest BCUT2D eigenvalue weighted by atomic mass is 9.82. The van der Waals surface area contributed by atoms with Crippen molar-refractivity contribution >= 4 is 11.4 Å². The molecule has 1 fully saturated rings. The van der Waals surface area contributed by atoms with E-state index in [-0.39, 0.29) is 0 Å². The molecule has 27 heavy (non-hydrogen) atoms. The Bertz CT molecular complexity index is 837. The van der Waals surface area contributed by atoms with Gasteiger partial charge < -0.3 is 4.74 Å². The standard InChI is InChI=1S/C23H29N3O/c1-4-14-23(3)21(26-20-16(2)24-15-25-22(20)27-23)19-12-10-18(11-13-19)17-8-6-5-7-9-17/h10-13,15,17H,4-9,14H2,1-3H3. The van der Waals surface area contributed by atoms with E-state index in [0.717, 1.165) is 41.4 Å². The van der Waals surface area contributed by atoms with Crippen LogP contribution in [0.5, 0.6) is 5.88 Å². The van der Waals surface area contributed by atoms with Gasteiger partial charge >= 0.3 is 0 Å². The Hall–Kier alpha value is -2.23. The third kappa shape index (κ3) is 3.50. The van der Waals surface area contributed by atoms with E-state index in [1.807, 2.05) is 6.92 Å². The molecule has 2 aliphatic rings. The van der Waals surface area contributed by atoms with E-state index in [2.05, 4.69) is 48.1 Å². The molecule has 1 saturated carbocycles. The summed E-state index contributed by atoms with van der Waals surface area (Å²) in [5.41, 5.74) is 4.75. The number of hydrogen-bond donors (Lipinski definition) is 0. The van der Waals surface area contributed by atoms with Gasteiger partial charge in [0.25, 0.3) is 0 Å². The molecule has 0 N–H and O–H groups in total. The number of nitrogens with zero attached hydrogens (tertiary/aromatic N) is 3. The number of hydrogen-bond acceptors (Lipinski definition) is 4. The Morgan fingerprint density at radius 2 is 1.81 bits per heavy atom. The molecule has 1 aliphatic heterocycles. The molecule has 0 radical (unpaired) electrons. The zero-order chi connectivity index (χ0) is 18.9. The Kier molecular flexibility index (Phi) is 4.98. The normalized spacial score (nSPS) is 22.7. The number of benzene rings is 1. The van der Waals surface area contributed by atoms with Crippen molar-refractivity contribution < 1.29 is 4.74 Å². The molecule has 0 saturated heterocycles. The van der Waals surface area contributed by atoms with E-state index in [9.17, 15) is 0 Å². The minimum absolute atomic E-state index is 0.463. The largest absolute Gasteiger partial charge is 0.463 e. The Morgan fingerprint density at radius 1 is 1.07 bits per heavy atom. The summed E-state index contributed by atoms with van der Waals surface area (Å²) in [4.78, 5) is 13.6. The van der Waals surface area contributed by atoms with Gasteiger partial charge in [0.2, 0.25) is 5.88 Å². The van der Waals surface area contributed by atoms with Crippen LogP contribution in [0, 0.1) is 6.92 Å². The van der Waals surface area contributed by atoms with E-state index in [1.165, 1.54) is 37.7 Å². The first-order valence-electron chi connectivity index (χ1n) is 10.3. The molecule has 2 aromatic rings. The van der Waals surface area contributed by atoms with Crippen LogP contribution in [0.1, 0.15) is 81.5 Å². The van der Waals surface area contributed by atoms with Gasteiger partial charge in [-0.25, -0.2) is 9.98 Å². The average molecular weight is 364 g/mol. The van der Waals surface area contributed by atoms with E-state index in [0.29, 0.717) is 5.88 Å². The fraction of sp³-hybridized carbons (Fsp3) is 0.522. The first-order chi connectivity index (χ1) is 13.1. The van der Waals surface area contributed by atoms with Crippen LogP contribution in [0.3, 0.4) is 0 Å². The summed E-state index contributed by atoms with van der Waals surface area (Å²) >= 11 is 0. The van der Waals surface area contributed by atoms with Gasteiger partial charge in [0.05, 0.1) is 11.4 Å². The summed E-state index contributed by atoms with van der Waals surface area (Å²) in [6.07, 6.45) is 10.2. The van der Waals surface area contributed by atoms with Crippen molar-refractivity contribution in [1.29, 1.82) is 0 Å². The monoisotopic (exact) mass is 363 g/mol. The molecule has 1 aromatic heterocycles. The Balaban J connectivity index is 1.71. The van der Waals surface area contributed by atoms with Gasteiger partial charge in [-0.05, 0) is 44.6 Å². The average Bonchev–Trinajstić information content (AvgIpc) is 2.69. The van der Waals surface area contributed by atoms with Gasteiger partial charge in [0.1, 0.15) is 12.0 Å². The molecule has 1 aromatic carbocycles. The Morgan fingerprint density at radius 3 is 2.52 bits per heavy atom. The number of aromatic nitrogens is 2. The summed E-state index contributed by atoms with van der Waals surface area (Å²) in [5.74, 6) is 1.32. The number of ether oxygens (including phenoxy) is 1. The Labute approximate surface area is 162 Å². The lowest BCUT2D eigenvalue weighted by molar-refractivity contribution is 0.139. The minimum Gasteiger partial charge on any atom is -0.463 e. The van der Waals surface area contributed by atoms with Crippen LogP contribution in [-0.4, -0.2) is 21.3 Å². The highest BCUT2D eigenvalue weighted by Crippen LogP contribution is 2.40. The van der Waals surface area contributed by atoms with Gasteiger partial charge in [-0.2, -0.15) is 4.98 Å². The SMILES string of the molecule is CCCC1(C)Oc2ncnc(C)c2N=C1c1ccc(C2CCCCC2)cc1. The lowest BCUT2D eigenvalue weighted by Gasteiger charge is -2.35. The lowest BCUT2D eigenvalue weighted by Crippen LogP contribution is -2.44. The molecule has 4 rings (SSSR count). The number of rotatable bonds is 4. The van der Waals surface area contributed by atoms with Crippen LogP contribution in [0.4, 0.5) is 5.69 Å². The first kappa shape index (κ1) is 18.1. The van der Waals surface area contributed by atoms with Gasteiger partial charge in [-0.1, -0.05) is 56.9 Å². The maximum Gasteiger partial charge on any atom is 0.244 e. The quantitative estimate of drug-likeness (QED) is 0.679. The van der Waals surface area contributed by atoms with Crippen LogP contribution >= 0.6 is 0 Å². The van der Waals surface area contributed by atoms with Crippen molar-refractivity contribution in [3.63, 3.8) is 0 Å². The second-order valence-corrected chi connectivity index (χ2v) is 8.11. The van der Waals surface area contributed by atoms with Crippen LogP contribution in [0.2, 0.25) is 0 Å². The number of fused-ring (bicyclic) bond motifs is 1. The predicted molar refractivity (Wildman–Crippen MR) is 109 cm³/mol. The van der Waals surface area contributed by atoms with E-state index in [1.54, 1.807) is 6.33 Å². The third-order valence-corrected chi connectivity index (χ3v) is 6.01. The molecule has 4 nitrogen and oxygen atoms in total. The van der Waals surface area contributed by atoms with Crippen LogP contribution in [0.15, 0.2) is 35.6 Å². The van der Waals surface area contributed by atoms with Crippen molar-refractivity contribution in [1.82, 2.24) is 9.97 Å². The highest BCUT2D eigenvalue weighted by atomic mass is 16.5. The second-order valence-electron chi connectivity index (χ2n) is 8.11. The summed E-state index contributed by atoms with van der Waals surface area (Å²) in [5, 5.41) is 0. The number of aryl methyl sites for hydroxylation is 1. The zero-order valence-corrected chi connectivity index (χ0v) is 16.7. The molecule has 142 valence electrons. The summed E-state index contributed by atoms with van der Waals surface area (Å²) in [6.45, 7) is 6.27. The third-order valence-electron chi connectivity index (χ3n) is 6.01. The molecule has 0 amide bonds. The smallest absolute Gasteiger partial charge is 0.244 e. The summed E-state index contributed by atoms with van der Waals surface area (Å²) in [6, 6.07) is 9.04. The molecule has 2 heterocycles. The van der Waals surface area contributed by atoms with Crippen molar-refractivity contribution in [2.45, 2.75) is 77.2 Å². The molecule has 1 unspecified atom stereocenters. The van der Waals surface area contributed by atoms with E-state index in [4.69, 9.17) is 9.73 Å². The maximum absolute atomic E-state index is 6.37. The van der Waals surface area contributed by atoms with Crippen molar-refractivity contribution in [2.24, 2.45) is 4.99 Å². The highest BCUT2D eigenvalue weighted by molar-refractivity contribution is 6.09. The molecular weight excluding hydrogens is 334 g/mol. The van der Waals surface area contributed by atoms with Gasteiger partial charge in [0.15, 0.2) is 5.60 Å². The minimum atomic E-state index is -0.463. The van der Waals surface area contributed by atoms with Crippen LogP contribution in [-0.2, 0) is 0 Å². The fourth-order valence-corrected chi connectivity index (χ4v) is 4.51. The van der Waals surface area contributed by atoms with E-state index < -0.39 is 5.60 Å². The van der Waals surface area contributed by atoms with Gasteiger partial charge in [-0.15, -0.1) is 0 Å². The number of aliphatic imine (C=N–C) groups is 1. The van der Waals surface area contributed by atoms with Crippen molar-refractivity contribution in [3.05, 3.63) is 47.4 Å². The topological polar surface area (TPSA) is 47.4 Å². The molecule has 1 aliphatic carbocycles. The summed E-state index contributed by atoms with van der Waals surface area (Å²) < 4.78 is 6.37. The molecule has 0 spiro atoms. The molecular formula is C23H29N3O. The van der Waals surface area contributed by atoms with E-state index >= 15 is 0 Å². The molecule has 1 atom stereocenters.